The minimum Gasteiger partial charge on any atom is -0.495 e. The van der Waals surface area contributed by atoms with E-state index in [1.165, 1.54) is 7.11 Å². The molecule has 0 saturated heterocycles. The second kappa shape index (κ2) is 5.39. The molecule has 1 aromatic rings. The molecule has 0 saturated carbocycles. The summed E-state index contributed by atoms with van der Waals surface area (Å²) in [6.45, 7) is 0. The number of rotatable bonds is 4. The summed E-state index contributed by atoms with van der Waals surface area (Å²) in [5, 5.41) is 18.1. The molecule has 88 valence electrons. The Kier molecular flexibility index (Phi) is 4.41. The average molecular weight is 265 g/mol. The van der Waals surface area contributed by atoms with Crippen LogP contribution in [0.4, 0.5) is 0 Å². The normalized spacial score (nSPS) is 12.2. The van der Waals surface area contributed by atoms with Crippen LogP contribution in [0.2, 0.25) is 10.0 Å². The quantitative estimate of drug-likeness (QED) is 0.873. The molecule has 0 aliphatic heterocycles. The molecule has 0 aliphatic carbocycles. The van der Waals surface area contributed by atoms with Gasteiger partial charge in [-0.2, -0.15) is 0 Å². The molecule has 4 nitrogen and oxygen atoms in total. The predicted molar refractivity (Wildman–Crippen MR) is 60.4 cm³/mol. The molecule has 0 aliphatic rings. The van der Waals surface area contributed by atoms with Crippen LogP contribution in [0.25, 0.3) is 0 Å². The van der Waals surface area contributed by atoms with E-state index in [0.717, 1.165) is 0 Å². The lowest BCUT2D eigenvalue weighted by atomic mass is 10.1. The molecule has 6 heteroatoms. The SMILES string of the molecule is COc1ccc(CC(O)C(=O)O)c(Cl)c1Cl. The van der Waals surface area contributed by atoms with Crippen LogP contribution in [-0.4, -0.2) is 29.4 Å². The lowest BCUT2D eigenvalue weighted by molar-refractivity contribution is -0.146. The molecular formula is C10H10Cl2O4. The predicted octanol–water partition coefficient (Wildman–Crippen LogP) is 1.99. The fourth-order valence-corrected chi connectivity index (χ4v) is 1.68. The number of carboxylic acids is 1. The zero-order valence-electron chi connectivity index (χ0n) is 8.41. The summed E-state index contributed by atoms with van der Waals surface area (Å²) in [6, 6.07) is 3.14. The van der Waals surface area contributed by atoms with Gasteiger partial charge in [0.05, 0.1) is 12.1 Å². The number of aliphatic carboxylic acids is 1. The first kappa shape index (κ1) is 13.1. The largest absolute Gasteiger partial charge is 0.495 e. The molecule has 0 bridgehead atoms. The van der Waals surface area contributed by atoms with Crippen molar-refractivity contribution in [2.45, 2.75) is 12.5 Å². The molecule has 1 rings (SSSR count). The number of benzene rings is 1. The minimum absolute atomic E-state index is 0.0993. The van der Waals surface area contributed by atoms with E-state index in [0.29, 0.717) is 11.3 Å². The van der Waals surface area contributed by atoms with Crippen molar-refractivity contribution in [1.29, 1.82) is 0 Å². The van der Waals surface area contributed by atoms with Crippen molar-refractivity contribution in [1.82, 2.24) is 0 Å². The van der Waals surface area contributed by atoms with Gasteiger partial charge in [-0.05, 0) is 11.6 Å². The van der Waals surface area contributed by atoms with Crippen LogP contribution in [0.1, 0.15) is 5.56 Å². The van der Waals surface area contributed by atoms with Gasteiger partial charge in [-0.3, -0.25) is 0 Å². The van der Waals surface area contributed by atoms with Crippen LogP contribution < -0.4 is 4.74 Å². The van der Waals surface area contributed by atoms with E-state index < -0.39 is 12.1 Å². The van der Waals surface area contributed by atoms with Gasteiger partial charge in [-0.15, -0.1) is 0 Å². The summed E-state index contributed by atoms with van der Waals surface area (Å²) < 4.78 is 4.94. The van der Waals surface area contributed by atoms with E-state index in [2.05, 4.69) is 0 Å². The molecule has 0 heterocycles. The molecule has 1 unspecified atom stereocenters. The molecule has 0 fully saturated rings. The lowest BCUT2D eigenvalue weighted by Crippen LogP contribution is -2.22. The van der Waals surface area contributed by atoms with E-state index in [-0.39, 0.29) is 16.5 Å². The number of ether oxygens (including phenoxy) is 1. The van der Waals surface area contributed by atoms with E-state index >= 15 is 0 Å². The van der Waals surface area contributed by atoms with Gasteiger partial charge in [-0.1, -0.05) is 29.3 Å². The third kappa shape index (κ3) is 2.78. The standard InChI is InChI=1S/C10H10Cl2O4/c1-16-7-3-2-5(8(11)9(7)12)4-6(13)10(14)15/h2-3,6,13H,4H2,1H3,(H,14,15). The van der Waals surface area contributed by atoms with Crippen LogP contribution >= 0.6 is 23.2 Å². The highest BCUT2D eigenvalue weighted by atomic mass is 35.5. The van der Waals surface area contributed by atoms with Crippen molar-refractivity contribution in [2.75, 3.05) is 7.11 Å². The van der Waals surface area contributed by atoms with Gasteiger partial charge in [0.1, 0.15) is 10.8 Å². The van der Waals surface area contributed by atoms with Gasteiger partial charge in [0.25, 0.3) is 0 Å². The van der Waals surface area contributed by atoms with Crippen LogP contribution in [0.3, 0.4) is 0 Å². The van der Waals surface area contributed by atoms with Crippen LogP contribution in [0.15, 0.2) is 12.1 Å². The first-order valence-electron chi connectivity index (χ1n) is 4.39. The third-order valence-corrected chi connectivity index (χ3v) is 2.95. The molecule has 2 N–H and O–H groups in total. The maximum atomic E-state index is 10.5. The molecular weight excluding hydrogens is 255 g/mol. The van der Waals surface area contributed by atoms with Gasteiger partial charge in [0.2, 0.25) is 0 Å². The summed E-state index contributed by atoms with van der Waals surface area (Å²) >= 11 is 11.8. The minimum atomic E-state index is -1.50. The fraction of sp³-hybridized carbons (Fsp3) is 0.300. The Morgan fingerprint density at radius 3 is 2.56 bits per heavy atom. The van der Waals surface area contributed by atoms with Crippen molar-refractivity contribution in [3.05, 3.63) is 27.7 Å². The van der Waals surface area contributed by atoms with Crippen molar-refractivity contribution < 1.29 is 19.7 Å². The van der Waals surface area contributed by atoms with Gasteiger partial charge in [-0.25, -0.2) is 4.79 Å². The van der Waals surface area contributed by atoms with E-state index in [4.69, 9.17) is 33.0 Å². The maximum Gasteiger partial charge on any atom is 0.332 e. The van der Waals surface area contributed by atoms with Crippen molar-refractivity contribution >= 4 is 29.2 Å². The highest BCUT2D eigenvalue weighted by Gasteiger charge is 2.18. The maximum absolute atomic E-state index is 10.5. The fourth-order valence-electron chi connectivity index (χ4n) is 1.18. The van der Waals surface area contributed by atoms with Crippen molar-refractivity contribution in [2.24, 2.45) is 0 Å². The number of halogens is 2. The summed E-state index contributed by atoms with van der Waals surface area (Å²) in [5.74, 6) is -0.900. The summed E-state index contributed by atoms with van der Waals surface area (Å²) in [4.78, 5) is 10.5. The Balaban J connectivity index is 2.99. The Labute approximate surface area is 102 Å². The topological polar surface area (TPSA) is 66.8 Å². The molecule has 0 amide bonds. The molecule has 0 aromatic heterocycles. The second-order valence-electron chi connectivity index (χ2n) is 3.11. The zero-order valence-corrected chi connectivity index (χ0v) is 9.92. The van der Waals surface area contributed by atoms with Crippen LogP contribution in [-0.2, 0) is 11.2 Å². The smallest absolute Gasteiger partial charge is 0.332 e. The van der Waals surface area contributed by atoms with Gasteiger partial charge < -0.3 is 14.9 Å². The first-order valence-corrected chi connectivity index (χ1v) is 5.14. The number of hydrogen-bond acceptors (Lipinski definition) is 3. The molecule has 0 spiro atoms. The van der Waals surface area contributed by atoms with Crippen molar-refractivity contribution in [3.8, 4) is 5.75 Å². The van der Waals surface area contributed by atoms with Crippen molar-refractivity contribution in [3.63, 3.8) is 0 Å². The number of methoxy groups -OCH3 is 1. The first-order chi connectivity index (χ1) is 7.47. The highest BCUT2D eigenvalue weighted by molar-refractivity contribution is 6.43. The highest BCUT2D eigenvalue weighted by Crippen LogP contribution is 2.34. The average Bonchev–Trinajstić information content (AvgIpc) is 2.25. The molecule has 16 heavy (non-hydrogen) atoms. The lowest BCUT2D eigenvalue weighted by Gasteiger charge is -2.11. The summed E-state index contributed by atoms with van der Waals surface area (Å²) in [5.41, 5.74) is 0.461. The monoisotopic (exact) mass is 264 g/mol. The molecule has 1 aromatic carbocycles. The third-order valence-electron chi connectivity index (χ3n) is 2.05. The summed E-state index contributed by atoms with van der Waals surface area (Å²) in [7, 11) is 1.45. The Morgan fingerprint density at radius 2 is 2.06 bits per heavy atom. The van der Waals surface area contributed by atoms with Crippen LogP contribution in [0.5, 0.6) is 5.75 Å². The Hall–Kier alpha value is -0.970. The van der Waals surface area contributed by atoms with E-state index in [9.17, 15) is 9.90 Å². The number of aliphatic hydroxyl groups excluding tert-OH is 1. The number of carbonyl (C=O) groups is 1. The number of aliphatic hydroxyl groups is 1. The Morgan fingerprint density at radius 1 is 1.44 bits per heavy atom. The summed E-state index contributed by atoms with van der Waals surface area (Å²) in [6.07, 6.45) is -1.60. The molecule has 0 radical (unpaired) electrons. The van der Waals surface area contributed by atoms with Gasteiger partial charge in [0.15, 0.2) is 6.10 Å². The molecule has 1 atom stereocenters. The zero-order chi connectivity index (χ0) is 12.3. The second-order valence-corrected chi connectivity index (χ2v) is 3.87. The van der Waals surface area contributed by atoms with E-state index in [1.54, 1.807) is 12.1 Å². The van der Waals surface area contributed by atoms with Gasteiger partial charge >= 0.3 is 5.97 Å². The van der Waals surface area contributed by atoms with Gasteiger partial charge in [0, 0.05) is 6.42 Å². The number of carboxylic acid groups (broad SMARTS) is 1. The Bertz CT molecular complexity index is 406. The van der Waals surface area contributed by atoms with Crippen LogP contribution in [0, 0.1) is 0 Å². The van der Waals surface area contributed by atoms with E-state index in [1.807, 2.05) is 0 Å². The number of hydrogen-bond donors (Lipinski definition) is 2.